The van der Waals surface area contributed by atoms with Crippen molar-refractivity contribution in [2.24, 2.45) is 5.73 Å². The summed E-state index contributed by atoms with van der Waals surface area (Å²) >= 11 is 0. The van der Waals surface area contributed by atoms with Crippen molar-refractivity contribution in [2.75, 3.05) is 20.2 Å². The van der Waals surface area contributed by atoms with Crippen LogP contribution in [0.2, 0.25) is 0 Å². The molecule has 0 saturated carbocycles. The first-order chi connectivity index (χ1) is 10.2. The lowest BCUT2D eigenvalue weighted by Crippen LogP contribution is -2.32. The molecule has 2 N–H and O–H groups in total. The van der Waals surface area contributed by atoms with Crippen molar-refractivity contribution in [3.63, 3.8) is 0 Å². The standard InChI is InChI=1S/C18H26N2O/c1-15-7-4-3-5-12-20(15)14-17-13-16(8-6-11-19)9-10-18(17)21-2/h9-10,13,15H,3-5,7,11-12,14,19H2,1-2H3. The second-order valence-corrected chi connectivity index (χ2v) is 5.70. The van der Waals surface area contributed by atoms with Crippen LogP contribution >= 0.6 is 0 Å². The van der Waals surface area contributed by atoms with Gasteiger partial charge in [0.15, 0.2) is 0 Å². The summed E-state index contributed by atoms with van der Waals surface area (Å²) in [6.07, 6.45) is 5.27. The normalized spacial score (nSPS) is 19.5. The van der Waals surface area contributed by atoms with Crippen LogP contribution in [-0.4, -0.2) is 31.1 Å². The number of methoxy groups -OCH3 is 1. The van der Waals surface area contributed by atoms with E-state index >= 15 is 0 Å². The summed E-state index contributed by atoms with van der Waals surface area (Å²) in [6.45, 7) is 4.83. The summed E-state index contributed by atoms with van der Waals surface area (Å²) in [6, 6.07) is 6.78. The number of benzene rings is 1. The van der Waals surface area contributed by atoms with Crippen molar-refractivity contribution in [3.8, 4) is 17.6 Å². The third-order valence-electron chi connectivity index (χ3n) is 4.18. The van der Waals surface area contributed by atoms with E-state index in [-0.39, 0.29) is 0 Å². The van der Waals surface area contributed by atoms with Crippen LogP contribution in [0, 0.1) is 11.8 Å². The number of likely N-dealkylation sites (tertiary alicyclic amines) is 1. The average molecular weight is 286 g/mol. The van der Waals surface area contributed by atoms with Gasteiger partial charge in [0.2, 0.25) is 0 Å². The first kappa shape index (κ1) is 15.9. The van der Waals surface area contributed by atoms with Crippen molar-refractivity contribution in [1.29, 1.82) is 0 Å². The fraction of sp³-hybridized carbons (Fsp3) is 0.556. The van der Waals surface area contributed by atoms with E-state index in [4.69, 9.17) is 10.5 Å². The molecule has 1 aliphatic heterocycles. The van der Waals surface area contributed by atoms with Gasteiger partial charge in [-0.25, -0.2) is 0 Å². The van der Waals surface area contributed by atoms with Crippen LogP contribution in [-0.2, 0) is 6.54 Å². The Balaban J connectivity index is 2.19. The van der Waals surface area contributed by atoms with Gasteiger partial charge in [-0.3, -0.25) is 4.90 Å². The lowest BCUT2D eigenvalue weighted by Gasteiger charge is -2.27. The minimum atomic E-state index is 0.393. The zero-order valence-electron chi connectivity index (χ0n) is 13.2. The van der Waals surface area contributed by atoms with Gasteiger partial charge in [-0.1, -0.05) is 24.7 Å². The van der Waals surface area contributed by atoms with Gasteiger partial charge in [-0.15, -0.1) is 0 Å². The molecule has 1 fully saturated rings. The van der Waals surface area contributed by atoms with E-state index in [1.807, 2.05) is 12.1 Å². The molecule has 1 heterocycles. The van der Waals surface area contributed by atoms with E-state index in [1.54, 1.807) is 7.11 Å². The summed E-state index contributed by atoms with van der Waals surface area (Å²) in [4.78, 5) is 2.56. The molecule has 0 bridgehead atoms. The molecule has 21 heavy (non-hydrogen) atoms. The van der Waals surface area contributed by atoms with Crippen LogP contribution in [0.3, 0.4) is 0 Å². The summed E-state index contributed by atoms with van der Waals surface area (Å²) in [5, 5.41) is 0. The highest BCUT2D eigenvalue weighted by Crippen LogP contribution is 2.25. The highest BCUT2D eigenvalue weighted by atomic mass is 16.5. The average Bonchev–Trinajstić information content (AvgIpc) is 2.70. The van der Waals surface area contributed by atoms with Gasteiger partial charge in [0.05, 0.1) is 13.7 Å². The number of hydrogen-bond acceptors (Lipinski definition) is 3. The van der Waals surface area contributed by atoms with Crippen LogP contribution < -0.4 is 10.5 Å². The van der Waals surface area contributed by atoms with E-state index in [1.165, 1.54) is 37.8 Å². The molecule has 3 nitrogen and oxygen atoms in total. The van der Waals surface area contributed by atoms with Crippen LogP contribution in [0.15, 0.2) is 18.2 Å². The minimum absolute atomic E-state index is 0.393. The number of ether oxygens (including phenoxy) is 1. The predicted molar refractivity (Wildman–Crippen MR) is 87.3 cm³/mol. The third kappa shape index (κ3) is 4.49. The number of hydrogen-bond donors (Lipinski definition) is 1. The Bertz CT molecular complexity index is 516. The molecule has 1 aromatic carbocycles. The smallest absolute Gasteiger partial charge is 0.123 e. The zero-order valence-corrected chi connectivity index (χ0v) is 13.2. The Kier molecular flexibility index (Phi) is 6.10. The van der Waals surface area contributed by atoms with E-state index in [0.29, 0.717) is 12.6 Å². The number of nitrogens with zero attached hydrogens (tertiary/aromatic N) is 1. The van der Waals surface area contributed by atoms with Gasteiger partial charge in [0.1, 0.15) is 5.75 Å². The molecule has 0 amide bonds. The molecule has 1 aliphatic rings. The maximum atomic E-state index is 5.51. The minimum Gasteiger partial charge on any atom is -0.496 e. The summed E-state index contributed by atoms with van der Waals surface area (Å²) in [7, 11) is 1.73. The molecule has 0 aromatic heterocycles. The Labute approximate surface area is 128 Å². The molecule has 1 saturated heterocycles. The predicted octanol–water partition coefficient (Wildman–Crippen LogP) is 2.77. The third-order valence-corrected chi connectivity index (χ3v) is 4.18. The Morgan fingerprint density at radius 2 is 2.19 bits per heavy atom. The number of nitrogens with two attached hydrogens (primary N) is 1. The first-order valence-corrected chi connectivity index (χ1v) is 7.84. The van der Waals surface area contributed by atoms with Crippen LogP contribution in [0.5, 0.6) is 5.75 Å². The summed E-state index contributed by atoms with van der Waals surface area (Å²) in [5.74, 6) is 6.97. The Morgan fingerprint density at radius 1 is 1.33 bits per heavy atom. The quantitative estimate of drug-likeness (QED) is 0.868. The number of rotatable bonds is 3. The van der Waals surface area contributed by atoms with Gasteiger partial charge >= 0.3 is 0 Å². The van der Waals surface area contributed by atoms with Crippen LogP contribution in [0.4, 0.5) is 0 Å². The van der Waals surface area contributed by atoms with Crippen LogP contribution in [0.1, 0.15) is 43.7 Å². The molecular weight excluding hydrogens is 260 g/mol. The fourth-order valence-corrected chi connectivity index (χ4v) is 2.92. The molecule has 114 valence electrons. The maximum absolute atomic E-state index is 5.51. The molecule has 0 spiro atoms. The topological polar surface area (TPSA) is 38.5 Å². The first-order valence-electron chi connectivity index (χ1n) is 7.84. The molecule has 0 radical (unpaired) electrons. The highest BCUT2D eigenvalue weighted by molar-refractivity contribution is 5.44. The van der Waals surface area contributed by atoms with Gasteiger partial charge in [-0.05, 0) is 44.5 Å². The molecule has 1 atom stereocenters. The second-order valence-electron chi connectivity index (χ2n) is 5.70. The summed E-state index contributed by atoms with van der Waals surface area (Å²) < 4.78 is 5.51. The zero-order chi connectivity index (χ0) is 15.1. The van der Waals surface area contributed by atoms with E-state index in [9.17, 15) is 0 Å². The Hall–Kier alpha value is -1.50. The van der Waals surface area contributed by atoms with Crippen molar-refractivity contribution >= 4 is 0 Å². The van der Waals surface area contributed by atoms with E-state index < -0.39 is 0 Å². The SMILES string of the molecule is COc1ccc(C#CCN)cc1CN1CCCCCC1C. The summed E-state index contributed by atoms with van der Waals surface area (Å²) in [5.41, 5.74) is 7.68. The Morgan fingerprint density at radius 3 is 2.95 bits per heavy atom. The molecule has 1 unspecified atom stereocenters. The molecule has 2 rings (SSSR count). The largest absolute Gasteiger partial charge is 0.496 e. The van der Waals surface area contributed by atoms with E-state index in [0.717, 1.165) is 17.9 Å². The highest BCUT2D eigenvalue weighted by Gasteiger charge is 2.18. The van der Waals surface area contributed by atoms with Gasteiger partial charge in [0.25, 0.3) is 0 Å². The molecule has 0 aliphatic carbocycles. The van der Waals surface area contributed by atoms with Crippen molar-refractivity contribution in [3.05, 3.63) is 29.3 Å². The maximum Gasteiger partial charge on any atom is 0.123 e. The molecule has 3 heteroatoms. The van der Waals surface area contributed by atoms with Crippen molar-refractivity contribution < 1.29 is 4.74 Å². The fourth-order valence-electron chi connectivity index (χ4n) is 2.92. The van der Waals surface area contributed by atoms with E-state index in [2.05, 4.69) is 29.7 Å². The van der Waals surface area contributed by atoms with Crippen LogP contribution in [0.25, 0.3) is 0 Å². The molecular formula is C18H26N2O. The van der Waals surface area contributed by atoms with Gasteiger partial charge < -0.3 is 10.5 Å². The lowest BCUT2D eigenvalue weighted by molar-refractivity contribution is 0.202. The lowest BCUT2D eigenvalue weighted by atomic mass is 10.1. The monoisotopic (exact) mass is 286 g/mol. The van der Waals surface area contributed by atoms with Gasteiger partial charge in [-0.2, -0.15) is 0 Å². The molecule has 1 aromatic rings. The van der Waals surface area contributed by atoms with Gasteiger partial charge in [0, 0.05) is 23.7 Å². The van der Waals surface area contributed by atoms with Crippen molar-refractivity contribution in [2.45, 2.75) is 45.2 Å². The van der Waals surface area contributed by atoms with Crippen molar-refractivity contribution in [1.82, 2.24) is 4.90 Å². The second kappa shape index (κ2) is 8.07.